The van der Waals surface area contributed by atoms with E-state index in [1.165, 1.54) is 16.2 Å². The third-order valence-electron chi connectivity index (χ3n) is 8.02. The molecule has 12 heteroatoms. The van der Waals surface area contributed by atoms with Crippen molar-refractivity contribution in [2.45, 2.75) is 44.7 Å². The number of fused-ring (bicyclic) bond motifs is 1. The molecule has 5 aromatic rings. The molecule has 0 spiro atoms. The number of pyridine rings is 2. The fourth-order valence-corrected chi connectivity index (χ4v) is 7.13. The number of benzene rings is 2. The van der Waals surface area contributed by atoms with E-state index >= 15 is 0 Å². The van der Waals surface area contributed by atoms with Crippen LogP contribution in [0.4, 0.5) is 10.5 Å². The topological polar surface area (TPSA) is 107 Å². The number of halogens is 1. The number of hydrogen-bond donors (Lipinski definition) is 0. The molecular formula is C35H36ClN5O5S. The molecule has 10 nitrogen and oxygen atoms in total. The zero-order valence-electron chi connectivity index (χ0n) is 26.7. The van der Waals surface area contributed by atoms with Crippen molar-refractivity contribution in [3.8, 4) is 11.1 Å². The number of ether oxygens (including phenoxy) is 1. The highest BCUT2D eigenvalue weighted by Gasteiger charge is 2.28. The summed E-state index contributed by atoms with van der Waals surface area (Å²) in [5.41, 5.74) is 3.15. The van der Waals surface area contributed by atoms with Crippen LogP contribution in [-0.2, 0) is 21.3 Å². The van der Waals surface area contributed by atoms with Crippen molar-refractivity contribution in [2.75, 3.05) is 31.1 Å². The number of hydrogen-bond acceptors (Lipinski definition) is 7. The molecule has 1 aliphatic rings. The predicted octanol–water partition coefficient (Wildman–Crippen LogP) is 6.17. The van der Waals surface area contributed by atoms with E-state index in [0.29, 0.717) is 54.3 Å². The highest BCUT2D eigenvalue weighted by atomic mass is 35.5. The highest BCUT2D eigenvalue weighted by Crippen LogP contribution is 2.34. The molecule has 47 heavy (non-hydrogen) atoms. The molecule has 2 aromatic carbocycles. The fraction of sp³-hybridized carbons (Fsp3) is 0.286. The maximum absolute atomic E-state index is 13.9. The quantitative estimate of drug-likeness (QED) is 0.212. The molecule has 244 valence electrons. The van der Waals surface area contributed by atoms with Crippen molar-refractivity contribution < 1.29 is 17.9 Å². The van der Waals surface area contributed by atoms with E-state index in [-0.39, 0.29) is 22.2 Å². The van der Waals surface area contributed by atoms with Crippen LogP contribution in [0.15, 0.2) is 95.0 Å². The summed E-state index contributed by atoms with van der Waals surface area (Å²) in [6.45, 7) is 9.77. The third-order valence-corrected chi connectivity index (χ3v) is 9.92. The lowest BCUT2D eigenvalue weighted by molar-refractivity contribution is 0.0240. The van der Waals surface area contributed by atoms with Crippen LogP contribution in [0.1, 0.15) is 31.9 Å². The largest absolute Gasteiger partial charge is 0.444 e. The van der Waals surface area contributed by atoms with Gasteiger partial charge in [0.25, 0.3) is 15.6 Å². The number of nitrogens with zero attached hydrogens (tertiary/aromatic N) is 5. The van der Waals surface area contributed by atoms with Gasteiger partial charge in [-0.05, 0) is 75.2 Å². The minimum atomic E-state index is -4.02. The Bertz CT molecular complexity index is 2130. The monoisotopic (exact) mass is 673 g/mol. The summed E-state index contributed by atoms with van der Waals surface area (Å²) >= 11 is 6.14. The van der Waals surface area contributed by atoms with Crippen LogP contribution in [0.3, 0.4) is 0 Å². The van der Waals surface area contributed by atoms with Gasteiger partial charge in [0, 0.05) is 60.6 Å². The molecule has 0 N–H and O–H groups in total. The summed E-state index contributed by atoms with van der Waals surface area (Å²) in [6, 6.07) is 19.2. The van der Waals surface area contributed by atoms with Crippen LogP contribution in [-0.4, -0.2) is 64.7 Å². The SMILES string of the molecule is Cc1ccc(S(=O)(=O)n2cc(-c3ccn(Cc4cccc(Cl)c4)c(=O)c3)c3cc(N4CCN(C(=O)OC(C)(C)C)CC4)cnc32)cc1. The fourth-order valence-electron chi connectivity index (χ4n) is 5.59. The minimum Gasteiger partial charge on any atom is -0.444 e. The summed E-state index contributed by atoms with van der Waals surface area (Å²) in [5, 5.41) is 1.17. The van der Waals surface area contributed by atoms with Crippen molar-refractivity contribution in [1.82, 2.24) is 18.4 Å². The summed E-state index contributed by atoms with van der Waals surface area (Å²) in [4.78, 5) is 34.5. The number of amides is 1. The van der Waals surface area contributed by atoms with E-state index in [1.54, 1.807) is 58.3 Å². The second-order valence-electron chi connectivity index (χ2n) is 12.7. The molecule has 0 bridgehead atoms. The number of piperazine rings is 1. The van der Waals surface area contributed by atoms with Gasteiger partial charge in [0.1, 0.15) is 5.60 Å². The second-order valence-corrected chi connectivity index (χ2v) is 14.9. The van der Waals surface area contributed by atoms with E-state index < -0.39 is 15.6 Å². The van der Waals surface area contributed by atoms with Gasteiger partial charge in [0.15, 0.2) is 5.65 Å². The Hall–Kier alpha value is -4.61. The maximum atomic E-state index is 13.9. The standard InChI is InChI=1S/C35H36ClN5O5S/c1-24-8-10-29(11-9-24)47(44,45)41-23-31(26-12-13-40(32(42)19-26)22-25-6-5-7-27(36)18-25)30-20-28(21-37-33(30)41)38-14-16-39(17-15-38)34(43)46-35(2,3)4/h5-13,18-21,23H,14-17,22H2,1-4H3. The number of aromatic nitrogens is 3. The smallest absolute Gasteiger partial charge is 0.410 e. The lowest BCUT2D eigenvalue weighted by Crippen LogP contribution is -2.50. The average molecular weight is 674 g/mol. The van der Waals surface area contributed by atoms with Crippen LogP contribution in [0.2, 0.25) is 5.02 Å². The molecule has 0 atom stereocenters. The lowest BCUT2D eigenvalue weighted by Gasteiger charge is -2.36. The average Bonchev–Trinajstić information content (AvgIpc) is 3.41. The van der Waals surface area contributed by atoms with E-state index in [9.17, 15) is 18.0 Å². The van der Waals surface area contributed by atoms with Crippen LogP contribution in [0.25, 0.3) is 22.2 Å². The third kappa shape index (κ3) is 6.91. The first kappa shape index (κ1) is 32.3. The van der Waals surface area contributed by atoms with Gasteiger partial charge in [0.05, 0.1) is 23.3 Å². The van der Waals surface area contributed by atoms with Gasteiger partial charge in [-0.25, -0.2) is 22.2 Å². The number of rotatable bonds is 6. The van der Waals surface area contributed by atoms with E-state index in [0.717, 1.165) is 16.8 Å². The Kier molecular flexibility index (Phi) is 8.62. The number of carbonyl (C=O) groups is 1. The van der Waals surface area contributed by atoms with Gasteiger partial charge in [-0.3, -0.25) is 4.79 Å². The van der Waals surface area contributed by atoms with Crippen molar-refractivity contribution in [3.05, 3.63) is 112 Å². The first-order valence-corrected chi connectivity index (χ1v) is 17.1. The molecule has 0 saturated carbocycles. The highest BCUT2D eigenvalue weighted by molar-refractivity contribution is 7.90. The van der Waals surface area contributed by atoms with Crippen molar-refractivity contribution >= 4 is 44.4 Å². The zero-order chi connectivity index (χ0) is 33.5. The molecule has 1 saturated heterocycles. The molecule has 1 aliphatic heterocycles. The normalized spacial score (nSPS) is 14.1. The summed E-state index contributed by atoms with van der Waals surface area (Å²) in [5.74, 6) is 0. The van der Waals surface area contributed by atoms with Crippen molar-refractivity contribution in [2.24, 2.45) is 0 Å². The predicted molar refractivity (Wildman–Crippen MR) is 184 cm³/mol. The first-order chi connectivity index (χ1) is 22.3. The zero-order valence-corrected chi connectivity index (χ0v) is 28.3. The Morgan fingerprint density at radius 2 is 1.70 bits per heavy atom. The number of aryl methyl sites for hydroxylation is 1. The van der Waals surface area contributed by atoms with E-state index in [1.807, 2.05) is 52.0 Å². The molecule has 1 amide bonds. The van der Waals surface area contributed by atoms with Crippen molar-refractivity contribution in [3.63, 3.8) is 0 Å². The second kappa shape index (κ2) is 12.5. The molecule has 6 rings (SSSR count). The number of anilines is 1. The Balaban J connectivity index is 1.38. The van der Waals surface area contributed by atoms with Crippen LogP contribution >= 0.6 is 11.6 Å². The Labute approximate surface area is 278 Å². The van der Waals surface area contributed by atoms with Crippen LogP contribution < -0.4 is 10.5 Å². The molecule has 0 aliphatic carbocycles. The molecule has 1 fully saturated rings. The summed E-state index contributed by atoms with van der Waals surface area (Å²) in [7, 11) is -4.02. The Morgan fingerprint density at radius 3 is 2.36 bits per heavy atom. The van der Waals surface area contributed by atoms with Gasteiger partial charge in [-0.15, -0.1) is 0 Å². The van der Waals surface area contributed by atoms with Gasteiger partial charge < -0.3 is 19.1 Å². The van der Waals surface area contributed by atoms with E-state index in [4.69, 9.17) is 16.3 Å². The lowest BCUT2D eigenvalue weighted by atomic mass is 10.1. The number of carbonyl (C=O) groups excluding carboxylic acids is 1. The van der Waals surface area contributed by atoms with Gasteiger partial charge in [-0.1, -0.05) is 41.4 Å². The van der Waals surface area contributed by atoms with Gasteiger partial charge in [-0.2, -0.15) is 0 Å². The molecule has 3 aromatic heterocycles. The van der Waals surface area contributed by atoms with Gasteiger partial charge in [0.2, 0.25) is 0 Å². The molecule has 0 radical (unpaired) electrons. The summed E-state index contributed by atoms with van der Waals surface area (Å²) in [6.07, 6.45) is 4.53. The molecule has 4 heterocycles. The Morgan fingerprint density at radius 1 is 0.979 bits per heavy atom. The molecule has 0 unspecified atom stereocenters. The van der Waals surface area contributed by atoms with Crippen molar-refractivity contribution in [1.29, 1.82) is 0 Å². The maximum Gasteiger partial charge on any atom is 0.410 e. The minimum absolute atomic E-state index is 0.132. The van der Waals surface area contributed by atoms with Crippen LogP contribution in [0.5, 0.6) is 0 Å². The van der Waals surface area contributed by atoms with Crippen LogP contribution in [0, 0.1) is 6.92 Å². The van der Waals surface area contributed by atoms with Gasteiger partial charge >= 0.3 is 6.09 Å². The van der Waals surface area contributed by atoms with E-state index in [2.05, 4.69) is 9.88 Å². The first-order valence-electron chi connectivity index (χ1n) is 15.3. The summed E-state index contributed by atoms with van der Waals surface area (Å²) < 4.78 is 36.2. The molecular weight excluding hydrogens is 638 g/mol.